The Morgan fingerprint density at radius 2 is 1.09 bits per heavy atom. The third kappa shape index (κ3) is 41.6. The number of benzene rings is 1. The molecule has 0 radical (unpaired) electrons. The van der Waals surface area contributed by atoms with Crippen LogP contribution in [0.3, 0.4) is 0 Å². The van der Waals surface area contributed by atoms with Gasteiger partial charge in [-0.15, -0.1) is 35.3 Å². The number of carboxylic acids is 1. The minimum absolute atomic E-state index is 0.0118. The molecule has 2 saturated heterocycles. The lowest BCUT2D eigenvalue weighted by Gasteiger charge is -2.25. The summed E-state index contributed by atoms with van der Waals surface area (Å²) >= 11 is 4.75. The Labute approximate surface area is 640 Å². The van der Waals surface area contributed by atoms with Crippen LogP contribution in [0, 0.1) is 0 Å². The van der Waals surface area contributed by atoms with Gasteiger partial charge in [0.1, 0.15) is 54.8 Å². The molecule has 0 aromatic heterocycles. The number of hydrogen-bond donors (Lipinski definition) is 21. The molecule has 600 valence electrons. The summed E-state index contributed by atoms with van der Waals surface area (Å²) in [6.07, 6.45) is -0.625. The second-order valence-corrected chi connectivity index (χ2v) is 28.3. The highest BCUT2D eigenvalue weighted by Gasteiger charge is 2.33. The van der Waals surface area contributed by atoms with Gasteiger partial charge in [-0.3, -0.25) is 91.1 Å². The molecule has 3 rings (SSSR count). The van der Waals surface area contributed by atoms with Crippen molar-refractivity contribution < 1.29 is 111 Å². The first-order valence-corrected chi connectivity index (χ1v) is 38.5. The zero-order chi connectivity index (χ0) is 79.9. The number of phenolic OH excluding ortho intramolecular Hbond substituents is 1. The molecule has 2 aliphatic rings. The SMILES string of the molecule is CC(=O)NCSC[C@H](NC(=O)CNC(=O)CNC(=O)[C@H]1CSCC(=O)N[C@@H](Cc2ccc(O)cc2)C(=O)N[C@H](CSCCCN)C(=O)NCC(=O)N[C@H](CC(=O)O)C(=O)N1)C(=O)NCC(=O)N[C@@H](CSCNC(C)=O)C(=O)NCC(=O)NCC(=O)N[C@@H](CSN1CC(=O)NCCOCOCCNC(=O)C1)C(N)=O. The number of nitrogens with one attached hydrogen (secondary N) is 17. The number of primary amides is 1. The lowest BCUT2D eigenvalue weighted by molar-refractivity contribution is -0.141. The Morgan fingerprint density at radius 1 is 0.583 bits per heavy atom. The average molecular weight is 1620 g/mol. The monoisotopic (exact) mass is 1620 g/mol. The van der Waals surface area contributed by atoms with Gasteiger partial charge < -0.3 is 122 Å². The van der Waals surface area contributed by atoms with E-state index < -0.39 is 212 Å². The second kappa shape index (κ2) is 52.5. The molecule has 0 bridgehead atoms. The van der Waals surface area contributed by atoms with Crippen LogP contribution in [0.25, 0.3) is 0 Å². The number of ether oxygens (including phenoxy) is 2. The molecule has 0 aliphatic carbocycles. The quantitative estimate of drug-likeness (QED) is 0.0167. The highest BCUT2D eigenvalue weighted by Crippen LogP contribution is 2.15. The van der Waals surface area contributed by atoms with Crippen LogP contribution in [0.4, 0.5) is 0 Å². The molecule has 2 heterocycles. The van der Waals surface area contributed by atoms with E-state index in [0.29, 0.717) is 24.3 Å². The van der Waals surface area contributed by atoms with Crippen molar-refractivity contribution in [2.45, 2.75) is 75.4 Å². The highest BCUT2D eigenvalue weighted by molar-refractivity contribution is 8.00. The van der Waals surface area contributed by atoms with Gasteiger partial charge >= 0.3 is 5.97 Å². The predicted octanol–water partition coefficient (Wildman–Crippen LogP) is -11.3. The van der Waals surface area contributed by atoms with Crippen LogP contribution in [0.5, 0.6) is 5.75 Å². The number of amides is 18. The number of carbonyl (C=O) groups excluding carboxylic acids is 18. The normalized spacial score (nSPS) is 18.3. The number of aliphatic carboxylic acids is 1. The second-order valence-electron chi connectivity index (χ2n) is 23.0. The van der Waals surface area contributed by atoms with E-state index >= 15 is 0 Å². The number of aromatic hydroxyl groups is 1. The zero-order valence-electron chi connectivity index (χ0n) is 58.8. The van der Waals surface area contributed by atoms with Crippen LogP contribution in [0.2, 0.25) is 0 Å². The molecule has 23 N–H and O–H groups in total. The van der Waals surface area contributed by atoms with E-state index in [4.69, 9.17) is 20.9 Å². The van der Waals surface area contributed by atoms with Gasteiger partial charge in [-0.05, 0) is 36.4 Å². The largest absolute Gasteiger partial charge is 0.508 e. The third-order valence-corrected chi connectivity index (χ3v) is 19.1. The number of carboxylic acid groups (broad SMARTS) is 1. The van der Waals surface area contributed by atoms with Crippen LogP contribution < -0.4 is 102 Å². The summed E-state index contributed by atoms with van der Waals surface area (Å²) in [6, 6.07) is -4.81. The maximum Gasteiger partial charge on any atom is 0.305 e. The summed E-state index contributed by atoms with van der Waals surface area (Å²) in [5, 5.41) is 60.1. The van der Waals surface area contributed by atoms with Gasteiger partial charge in [-0.25, -0.2) is 4.31 Å². The number of nitrogens with zero attached hydrogens (tertiary/aromatic N) is 1. The lowest BCUT2D eigenvalue weighted by atomic mass is 10.0. The van der Waals surface area contributed by atoms with Crippen molar-refractivity contribution >= 4 is 171 Å². The van der Waals surface area contributed by atoms with E-state index in [0.717, 1.165) is 47.2 Å². The van der Waals surface area contributed by atoms with Crippen molar-refractivity contribution in [1.29, 1.82) is 0 Å². The molecule has 0 spiro atoms. The molecule has 48 heteroatoms. The molecule has 108 heavy (non-hydrogen) atoms. The molecule has 2 fully saturated rings. The molecule has 1 aromatic carbocycles. The van der Waals surface area contributed by atoms with Gasteiger partial charge in [-0.2, -0.15) is 11.8 Å². The maximum atomic E-state index is 13.9. The Morgan fingerprint density at radius 3 is 1.62 bits per heavy atom. The fraction of sp³-hybridized carbons (Fsp3) is 0.583. The third-order valence-electron chi connectivity index (χ3n) is 14.0. The van der Waals surface area contributed by atoms with Crippen molar-refractivity contribution in [2.24, 2.45) is 11.5 Å². The summed E-state index contributed by atoms with van der Waals surface area (Å²) in [7, 11) is 0. The summed E-state index contributed by atoms with van der Waals surface area (Å²) in [4.78, 5) is 247. The summed E-state index contributed by atoms with van der Waals surface area (Å²) in [5.41, 5.74) is 11.6. The van der Waals surface area contributed by atoms with Crippen molar-refractivity contribution in [2.75, 3.05) is 144 Å². The number of hydrogen-bond acceptors (Lipinski definition) is 29. The minimum atomic E-state index is -1.87. The molecule has 7 atom stereocenters. The predicted molar refractivity (Wildman–Crippen MR) is 392 cm³/mol. The van der Waals surface area contributed by atoms with Crippen LogP contribution in [-0.4, -0.2) is 313 Å². The Hall–Kier alpha value is -9.46. The number of phenols is 1. The smallest absolute Gasteiger partial charge is 0.305 e. The average Bonchev–Trinajstić information content (AvgIpc) is 0.867. The van der Waals surface area contributed by atoms with E-state index in [9.17, 15) is 101 Å². The van der Waals surface area contributed by atoms with E-state index in [1.54, 1.807) is 0 Å². The first-order chi connectivity index (χ1) is 51.4. The maximum absolute atomic E-state index is 13.9. The molecular formula is C60H92N20O23S5. The van der Waals surface area contributed by atoms with Gasteiger partial charge in [0.05, 0.1) is 89.5 Å². The van der Waals surface area contributed by atoms with Gasteiger partial charge in [0, 0.05) is 62.1 Å². The van der Waals surface area contributed by atoms with Crippen LogP contribution in [0.1, 0.15) is 32.3 Å². The standard InChI is InChI=1S/C60H92N20O23S5/c1-33(81)71-30-106-26-40(55(96)67-16-44(84)65-18-46(86)75-39(54(62)95)28-108-80-22-50(90)63-9-11-102-32-103-12-10-64-51(91)23-80)77-49(89)21-69-56(97)41(27-107-31-72-34(2)82)76-47(87)19-66-45(85)17-68-58(99)43-25-105-29-52(92)74-37(14-35-4-6-36(83)7-5-35)59(100)78-42(24-104-13-3-8-61)57(98)70-20-48(88)73-38(15-53(93)94)60(101)79-43/h4-7,37-43,83H,3,8-32,61H2,1-2H3,(H2,62,95)(H,63,90)(H,64,91)(H,65,84)(H,66,85)(H,67,96)(H,68,99)(H,69,97)(H,70,98)(H,71,81)(H,72,82)(H,73,88)(H,74,92)(H,75,86)(H,76,87)(H,77,89)(H,78,100)(H,79,101)(H,93,94)/t37-,38+,39-,40-,41-,42+,43+/m0/s1. The number of nitrogens with two attached hydrogens (primary N) is 2. The van der Waals surface area contributed by atoms with Gasteiger partial charge in [-0.1, -0.05) is 24.1 Å². The molecule has 43 nitrogen and oxygen atoms in total. The van der Waals surface area contributed by atoms with Crippen LogP contribution >= 0.6 is 59.0 Å². The minimum Gasteiger partial charge on any atom is -0.508 e. The fourth-order valence-corrected chi connectivity index (χ4v) is 13.2. The molecule has 1 aromatic rings. The van der Waals surface area contributed by atoms with E-state index in [2.05, 4.69) is 90.4 Å². The van der Waals surface area contributed by atoms with E-state index in [1.807, 2.05) is 0 Å². The molecule has 0 unspecified atom stereocenters. The summed E-state index contributed by atoms with van der Waals surface area (Å²) < 4.78 is 11.8. The van der Waals surface area contributed by atoms with Gasteiger partial charge in [0.2, 0.25) is 106 Å². The topological polar surface area (TPSA) is 643 Å². The molecule has 2 aliphatic heterocycles. The van der Waals surface area contributed by atoms with E-state index in [1.165, 1.54) is 54.2 Å². The summed E-state index contributed by atoms with van der Waals surface area (Å²) in [6.45, 7) is -2.23. The highest BCUT2D eigenvalue weighted by atomic mass is 32.2. The molecular weight excluding hydrogens is 1530 g/mol. The van der Waals surface area contributed by atoms with Crippen molar-refractivity contribution in [3.8, 4) is 5.75 Å². The number of rotatable bonds is 37. The van der Waals surface area contributed by atoms with Gasteiger partial charge in [0.25, 0.3) is 0 Å². The summed E-state index contributed by atoms with van der Waals surface area (Å²) in [5.74, 6) is -18.5. The molecule has 0 saturated carbocycles. The van der Waals surface area contributed by atoms with E-state index in [-0.39, 0.29) is 93.1 Å². The van der Waals surface area contributed by atoms with Crippen molar-refractivity contribution in [3.63, 3.8) is 0 Å². The Bertz CT molecular complexity index is 3280. The number of thioether (sulfide) groups is 4. The van der Waals surface area contributed by atoms with Crippen LogP contribution in [0.15, 0.2) is 24.3 Å². The van der Waals surface area contributed by atoms with Crippen molar-refractivity contribution in [3.05, 3.63) is 29.8 Å². The first-order valence-electron chi connectivity index (χ1n) is 33.0. The molecule has 18 amide bonds. The first kappa shape index (κ1) is 92.7. The van der Waals surface area contributed by atoms with Gasteiger partial charge in [0.15, 0.2) is 0 Å². The van der Waals surface area contributed by atoms with Crippen molar-refractivity contribution in [1.82, 2.24) is 94.7 Å². The fourth-order valence-electron chi connectivity index (χ4n) is 8.57. The Kier molecular flexibility index (Phi) is 45.1. The Balaban J connectivity index is 1.66. The number of carbonyl (C=O) groups is 19. The zero-order valence-corrected chi connectivity index (χ0v) is 62.9. The van der Waals surface area contributed by atoms with Crippen LogP contribution in [-0.2, 0) is 107 Å². The lowest BCUT2D eigenvalue weighted by Crippen LogP contribution is -2.58.